The zero-order valence-corrected chi connectivity index (χ0v) is 17.1. The maximum Gasteiger partial charge on any atom is 0.253 e. The molecule has 2 aromatic heterocycles. The maximum absolute atomic E-state index is 14.0. The summed E-state index contributed by atoms with van der Waals surface area (Å²) in [4.78, 5) is 18.7. The SMILES string of the molecule is O=C(N[C@@H]1CCC[C@H]1Nc1nc2c(F)cc(F)cc2s1)c1ccccc1-n1nccn1. The minimum atomic E-state index is -0.681. The van der Waals surface area contributed by atoms with Gasteiger partial charge in [-0.1, -0.05) is 23.5 Å². The number of aromatic nitrogens is 4. The first-order chi connectivity index (χ1) is 15.1. The third kappa shape index (κ3) is 3.86. The summed E-state index contributed by atoms with van der Waals surface area (Å²) in [5.74, 6) is -1.53. The van der Waals surface area contributed by atoms with Crippen molar-refractivity contribution < 1.29 is 13.6 Å². The minimum absolute atomic E-state index is 0.0626. The van der Waals surface area contributed by atoms with E-state index in [1.807, 2.05) is 6.07 Å². The molecule has 0 radical (unpaired) electrons. The largest absolute Gasteiger partial charge is 0.357 e. The molecule has 1 aliphatic carbocycles. The number of fused-ring (bicyclic) bond motifs is 1. The lowest BCUT2D eigenvalue weighted by Crippen LogP contribution is -2.43. The molecule has 0 unspecified atom stereocenters. The van der Waals surface area contributed by atoms with E-state index in [0.29, 0.717) is 21.1 Å². The molecule has 2 atom stereocenters. The van der Waals surface area contributed by atoms with Crippen LogP contribution in [0.15, 0.2) is 48.8 Å². The fourth-order valence-corrected chi connectivity index (χ4v) is 4.88. The van der Waals surface area contributed by atoms with E-state index in [1.165, 1.54) is 22.2 Å². The lowest BCUT2D eigenvalue weighted by molar-refractivity contribution is 0.0935. The van der Waals surface area contributed by atoms with Crippen LogP contribution >= 0.6 is 11.3 Å². The first-order valence-electron chi connectivity index (χ1n) is 9.87. The number of nitrogens with zero attached hydrogens (tertiary/aromatic N) is 4. The normalized spacial score (nSPS) is 18.4. The van der Waals surface area contributed by atoms with E-state index in [9.17, 15) is 13.6 Å². The van der Waals surface area contributed by atoms with Gasteiger partial charge in [0.05, 0.1) is 28.3 Å². The van der Waals surface area contributed by atoms with Gasteiger partial charge in [-0.3, -0.25) is 4.79 Å². The number of halogens is 2. The smallest absolute Gasteiger partial charge is 0.253 e. The third-order valence-electron chi connectivity index (χ3n) is 5.34. The molecule has 1 saturated carbocycles. The van der Waals surface area contributed by atoms with Gasteiger partial charge in [0.1, 0.15) is 11.3 Å². The molecular weight excluding hydrogens is 422 g/mol. The molecule has 2 N–H and O–H groups in total. The Hall–Kier alpha value is -3.40. The number of nitrogens with one attached hydrogen (secondary N) is 2. The molecule has 1 aliphatic rings. The highest BCUT2D eigenvalue weighted by atomic mass is 32.1. The summed E-state index contributed by atoms with van der Waals surface area (Å²) in [7, 11) is 0. The van der Waals surface area contributed by atoms with Crippen LogP contribution in [0.2, 0.25) is 0 Å². The van der Waals surface area contributed by atoms with Gasteiger partial charge in [-0.05, 0) is 37.5 Å². The van der Waals surface area contributed by atoms with Crippen molar-refractivity contribution in [3.8, 4) is 5.69 Å². The van der Waals surface area contributed by atoms with Gasteiger partial charge in [0.15, 0.2) is 10.9 Å². The zero-order chi connectivity index (χ0) is 21.4. The van der Waals surface area contributed by atoms with Gasteiger partial charge in [0, 0.05) is 18.2 Å². The summed E-state index contributed by atoms with van der Waals surface area (Å²) in [6, 6.07) is 9.05. The number of anilines is 1. The monoisotopic (exact) mass is 440 g/mol. The van der Waals surface area contributed by atoms with E-state index in [-0.39, 0.29) is 23.5 Å². The number of carbonyl (C=O) groups excluding carboxylic acids is 1. The molecule has 0 bridgehead atoms. The zero-order valence-electron chi connectivity index (χ0n) is 16.3. The van der Waals surface area contributed by atoms with E-state index < -0.39 is 11.6 Å². The third-order valence-corrected chi connectivity index (χ3v) is 6.27. The van der Waals surface area contributed by atoms with Crippen LogP contribution in [-0.2, 0) is 0 Å². The first kappa shape index (κ1) is 19.6. The maximum atomic E-state index is 14.0. The number of hydrogen-bond acceptors (Lipinski definition) is 6. The molecular formula is C21H18F2N6OS. The summed E-state index contributed by atoms with van der Waals surface area (Å²) in [5.41, 5.74) is 1.21. The van der Waals surface area contributed by atoms with Crippen molar-refractivity contribution in [3.05, 3.63) is 66.0 Å². The van der Waals surface area contributed by atoms with Crippen molar-refractivity contribution >= 4 is 32.6 Å². The Morgan fingerprint density at radius 1 is 1.10 bits per heavy atom. The average Bonchev–Trinajstić information content (AvgIpc) is 3.50. The molecule has 1 amide bonds. The predicted molar refractivity (Wildman–Crippen MR) is 113 cm³/mol. The first-order valence-corrected chi connectivity index (χ1v) is 10.7. The van der Waals surface area contributed by atoms with Gasteiger partial charge in [0.25, 0.3) is 5.91 Å². The summed E-state index contributed by atoms with van der Waals surface area (Å²) < 4.78 is 27.9. The van der Waals surface area contributed by atoms with E-state index in [4.69, 9.17) is 0 Å². The van der Waals surface area contributed by atoms with Gasteiger partial charge in [-0.2, -0.15) is 15.0 Å². The molecule has 0 saturated heterocycles. The van der Waals surface area contributed by atoms with Crippen LogP contribution in [0.1, 0.15) is 29.6 Å². The van der Waals surface area contributed by atoms with Crippen LogP contribution < -0.4 is 10.6 Å². The molecule has 0 spiro atoms. The van der Waals surface area contributed by atoms with Crippen molar-refractivity contribution in [2.24, 2.45) is 0 Å². The van der Waals surface area contributed by atoms with Crippen molar-refractivity contribution in [1.29, 1.82) is 0 Å². The summed E-state index contributed by atoms with van der Waals surface area (Å²) in [6.07, 6.45) is 5.68. The standard InChI is InChI=1S/C21H18F2N6OS/c22-12-10-14(23)19-18(11-12)31-21(28-19)27-16-6-3-5-15(16)26-20(30)13-4-1-2-7-17(13)29-24-8-9-25-29/h1-2,4,7-11,15-16H,3,5-6H2,(H,26,30)(H,27,28)/t15-,16-/m1/s1. The van der Waals surface area contributed by atoms with Gasteiger partial charge in [-0.15, -0.1) is 0 Å². The second-order valence-electron chi connectivity index (χ2n) is 7.35. The highest BCUT2D eigenvalue weighted by molar-refractivity contribution is 7.22. The topological polar surface area (TPSA) is 84.7 Å². The van der Waals surface area contributed by atoms with Crippen molar-refractivity contribution in [1.82, 2.24) is 25.3 Å². The summed E-state index contributed by atoms with van der Waals surface area (Å²) >= 11 is 1.20. The van der Waals surface area contributed by atoms with Crippen LogP contribution in [0.4, 0.5) is 13.9 Å². The molecule has 31 heavy (non-hydrogen) atoms. The highest BCUT2D eigenvalue weighted by Crippen LogP contribution is 2.31. The van der Waals surface area contributed by atoms with Gasteiger partial charge < -0.3 is 10.6 Å². The Morgan fingerprint density at radius 2 is 1.87 bits per heavy atom. The Kier molecular flexibility index (Phi) is 5.06. The van der Waals surface area contributed by atoms with Gasteiger partial charge in [-0.25, -0.2) is 13.8 Å². The second kappa shape index (κ2) is 8.03. The fourth-order valence-electron chi connectivity index (χ4n) is 3.91. The van der Waals surface area contributed by atoms with E-state index in [2.05, 4.69) is 25.8 Å². The Morgan fingerprint density at radius 3 is 2.71 bits per heavy atom. The molecule has 10 heteroatoms. The van der Waals surface area contributed by atoms with Crippen LogP contribution in [0.3, 0.4) is 0 Å². The number of rotatable bonds is 5. The number of hydrogen-bond donors (Lipinski definition) is 2. The Labute approximate surface area is 180 Å². The number of amides is 1. The van der Waals surface area contributed by atoms with Crippen LogP contribution in [0.5, 0.6) is 0 Å². The Bertz CT molecular complexity index is 1240. The quantitative estimate of drug-likeness (QED) is 0.491. The van der Waals surface area contributed by atoms with Crippen LogP contribution in [0, 0.1) is 11.6 Å². The fraction of sp³-hybridized carbons (Fsp3) is 0.238. The highest BCUT2D eigenvalue weighted by Gasteiger charge is 2.30. The van der Waals surface area contributed by atoms with Crippen LogP contribution in [-0.4, -0.2) is 38.0 Å². The summed E-state index contributed by atoms with van der Waals surface area (Å²) in [6.45, 7) is 0. The molecule has 4 aromatic rings. The minimum Gasteiger partial charge on any atom is -0.357 e. The number of benzene rings is 2. The van der Waals surface area contributed by atoms with E-state index in [0.717, 1.165) is 25.3 Å². The van der Waals surface area contributed by atoms with Crippen LogP contribution in [0.25, 0.3) is 15.9 Å². The number of thiazole rings is 1. The Balaban J connectivity index is 1.34. The number of carbonyl (C=O) groups is 1. The lowest BCUT2D eigenvalue weighted by atomic mass is 10.1. The second-order valence-corrected chi connectivity index (χ2v) is 8.38. The molecule has 5 rings (SSSR count). The lowest BCUT2D eigenvalue weighted by Gasteiger charge is -2.22. The van der Waals surface area contributed by atoms with Crippen molar-refractivity contribution in [2.75, 3.05) is 5.32 Å². The molecule has 7 nitrogen and oxygen atoms in total. The van der Waals surface area contributed by atoms with Gasteiger partial charge >= 0.3 is 0 Å². The van der Waals surface area contributed by atoms with Gasteiger partial charge in [0.2, 0.25) is 0 Å². The molecule has 158 valence electrons. The molecule has 2 heterocycles. The molecule has 1 fully saturated rings. The molecule has 2 aromatic carbocycles. The molecule has 0 aliphatic heterocycles. The summed E-state index contributed by atoms with van der Waals surface area (Å²) in [5, 5.41) is 15.1. The number of para-hydroxylation sites is 1. The van der Waals surface area contributed by atoms with Crippen molar-refractivity contribution in [3.63, 3.8) is 0 Å². The average molecular weight is 440 g/mol. The van der Waals surface area contributed by atoms with E-state index >= 15 is 0 Å². The van der Waals surface area contributed by atoms with E-state index in [1.54, 1.807) is 30.6 Å². The van der Waals surface area contributed by atoms with Crippen molar-refractivity contribution in [2.45, 2.75) is 31.3 Å². The predicted octanol–water partition coefficient (Wildman–Crippen LogP) is 3.92.